The first-order valence-corrected chi connectivity index (χ1v) is 9.62. The highest BCUT2D eigenvalue weighted by Crippen LogP contribution is 2.35. The minimum atomic E-state index is -3.31. The molecule has 2 aromatic carbocycles. The number of esters is 1. The van der Waals surface area contributed by atoms with Gasteiger partial charge in [0.05, 0.1) is 10.5 Å². The number of carbonyl (C=O) groups excluding carboxylic acids is 1. The van der Waals surface area contributed by atoms with E-state index in [4.69, 9.17) is 4.74 Å². The molecule has 0 unspecified atom stereocenters. The summed E-state index contributed by atoms with van der Waals surface area (Å²) >= 11 is 3.18. The molecule has 0 saturated carbocycles. The van der Waals surface area contributed by atoms with Gasteiger partial charge in [0, 0.05) is 21.9 Å². The number of hydrogen-bond acceptors (Lipinski definition) is 4. The van der Waals surface area contributed by atoms with Gasteiger partial charge in [-0.05, 0) is 29.8 Å². The predicted molar refractivity (Wildman–Crippen MR) is 91.4 cm³/mol. The molecule has 124 valence electrons. The first-order chi connectivity index (χ1) is 11.3. The summed E-state index contributed by atoms with van der Waals surface area (Å²) in [5, 5.41) is 0. The van der Waals surface area contributed by atoms with Crippen molar-refractivity contribution in [2.45, 2.75) is 4.90 Å². The minimum absolute atomic E-state index is 0.0158. The van der Waals surface area contributed by atoms with Crippen molar-refractivity contribution in [1.82, 2.24) is 0 Å². The molecule has 0 N–H and O–H groups in total. The van der Waals surface area contributed by atoms with Crippen molar-refractivity contribution >= 4 is 42.9 Å². The molecule has 0 spiro atoms. The highest BCUT2D eigenvalue weighted by atomic mass is 79.9. The molecule has 0 fully saturated rings. The summed E-state index contributed by atoms with van der Waals surface area (Å²) in [6.07, 6.45) is 1.12. The SMILES string of the molecule is CS(=O)(=O)c1ccc(C2=C(c3ccc(Br)cc3F)C(=O)OC2)cc1. The largest absolute Gasteiger partial charge is 0.457 e. The normalized spacial score (nSPS) is 14.9. The third kappa shape index (κ3) is 3.14. The van der Waals surface area contributed by atoms with E-state index in [-0.39, 0.29) is 22.6 Å². The Morgan fingerprint density at radius 3 is 2.38 bits per heavy atom. The number of halogens is 2. The number of rotatable bonds is 3. The molecular formula is C17H12BrFO4S. The number of carbonyl (C=O) groups is 1. The summed E-state index contributed by atoms with van der Waals surface area (Å²) in [5.41, 5.74) is 1.46. The number of sulfone groups is 1. The summed E-state index contributed by atoms with van der Waals surface area (Å²) < 4.78 is 42.9. The van der Waals surface area contributed by atoms with E-state index in [9.17, 15) is 17.6 Å². The Kier molecular flexibility index (Phi) is 4.31. The Morgan fingerprint density at radius 1 is 1.12 bits per heavy atom. The molecule has 1 aliphatic heterocycles. The average molecular weight is 411 g/mol. The minimum Gasteiger partial charge on any atom is -0.457 e. The van der Waals surface area contributed by atoms with Gasteiger partial charge in [-0.15, -0.1) is 0 Å². The molecular weight excluding hydrogens is 399 g/mol. The van der Waals surface area contributed by atoms with Gasteiger partial charge in [-0.3, -0.25) is 0 Å². The molecule has 4 nitrogen and oxygen atoms in total. The van der Waals surface area contributed by atoms with E-state index in [1.165, 1.54) is 24.3 Å². The van der Waals surface area contributed by atoms with Crippen molar-refractivity contribution in [2.75, 3.05) is 12.9 Å². The number of hydrogen-bond donors (Lipinski definition) is 0. The van der Waals surface area contributed by atoms with Crippen LogP contribution in [0.15, 0.2) is 51.8 Å². The Hall–Kier alpha value is -1.99. The summed E-state index contributed by atoms with van der Waals surface area (Å²) in [4.78, 5) is 12.2. The zero-order valence-corrected chi connectivity index (χ0v) is 14.9. The third-order valence-corrected chi connectivity index (χ3v) is 5.31. The van der Waals surface area contributed by atoms with E-state index in [1.807, 2.05) is 0 Å². The van der Waals surface area contributed by atoms with Gasteiger partial charge in [0.2, 0.25) is 0 Å². The molecule has 3 rings (SSSR count). The maximum Gasteiger partial charge on any atom is 0.339 e. The van der Waals surface area contributed by atoms with Crippen molar-refractivity contribution in [2.24, 2.45) is 0 Å². The standard InChI is InChI=1S/C17H12BrFO4S/c1-24(21,22)12-5-2-10(3-6-12)14-9-23-17(20)16(14)13-7-4-11(18)8-15(13)19/h2-8H,9H2,1H3. The van der Waals surface area contributed by atoms with Crippen LogP contribution >= 0.6 is 15.9 Å². The molecule has 0 radical (unpaired) electrons. The fourth-order valence-corrected chi connectivity index (χ4v) is 3.46. The first kappa shape index (κ1) is 16.9. The van der Waals surface area contributed by atoms with E-state index in [1.54, 1.807) is 18.2 Å². The van der Waals surface area contributed by atoms with Gasteiger partial charge in [-0.1, -0.05) is 34.1 Å². The Labute approximate surface area is 147 Å². The van der Waals surface area contributed by atoms with E-state index in [0.29, 0.717) is 15.6 Å². The fourth-order valence-electron chi connectivity index (χ4n) is 2.50. The van der Waals surface area contributed by atoms with Crippen LogP contribution < -0.4 is 0 Å². The second kappa shape index (κ2) is 6.14. The Bertz CT molecular complexity index is 963. The molecule has 1 aliphatic rings. The lowest BCUT2D eigenvalue weighted by Gasteiger charge is -2.07. The van der Waals surface area contributed by atoms with Crippen LogP contribution in [0.4, 0.5) is 4.39 Å². The maximum absolute atomic E-state index is 14.2. The first-order valence-electron chi connectivity index (χ1n) is 6.93. The summed E-state index contributed by atoms with van der Waals surface area (Å²) in [6, 6.07) is 10.5. The van der Waals surface area contributed by atoms with Gasteiger partial charge in [0.25, 0.3) is 0 Å². The highest BCUT2D eigenvalue weighted by molar-refractivity contribution is 9.10. The zero-order chi connectivity index (χ0) is 17.5. The van der Waals surface area contributed by atoms with Crippen molar-refractivity contribution in [3.05, 3.63) is 63.9 Å². The molecule has 0 atom stereocenters. The van der Waals surface area contributed by atoms with Crippen molar-refractivity contribution < 1.29 is 22.3 Å². The lowest BCUT2D eigenvalue weighted by Crippen LogP contribution is -2.01. The molecule has 0 saturated heterocycles. The van der Waals surface area contributed by atoms with Crippen LogP contribution in [0, 0.1) is 5.82 Å². The second-order valence-electron chi connectivity index (χ2n) is 5.35. The average Bonchev–Trinajstić information content (AvgIpc) is 2.88. The van der Waals surface area contributed by atoms with E-state index in [2.05, 4.69) is 15.9 Å². The number of benzene rings is 2. The van der Waals surface area contributed by atoms with Crippen LogP contribution in [0.1, 0.15) is 11.1 Å². The van der Waals surface area contributed by atoms with E-state index >= 15 is 0 Å². The monoisotopic (exact) mass is 410 g/mol. The zero-order valence-electron chi connectivity index (χ0n) is 12.5. The lowest BCUT2D eigenvalue weighted by atomic mass is 9.96. The van der Waals surface area contributed by atoms with Gasteiger partial charge >= 0.3 is 5.97 Å². The summed E-state index contributed by atoms with van der Waals surface area (Å²) in [5.74, 6) is -1.14. The number of ether oxygens (including phenoxy) is 1. The summed E-state index contributed by atoms with van der Waals surface area (Å²) in [6.45, 7) is 0.0158. The quantitative estimate of drug-likeness (QED) is 0.726. The van der Waals surface area contributed by atoms with Crippen LogP contribution in [0.2, 0.25) is 0 Å². The van der Waals surface area contributed by atoms with Gasteiger partial charge in [0.15, 0.2) is 9.84 Å². The smallest absolute Gasteiger partial charge is 0.339 e. The fraction of sp³-hybridized carbons (Fsp3) is 0.118. The predicted octanol–water partition coefficient (Wildman–Crippen LogP) is 3.46. The molecule has 0 amide bonds. The Balaban J connectivity index is 2.13. The molecule has 1 heterocycles. The second-order valence-corrected chi connectivity index (χ2v) is 8.28. The topological polar surface area (TPSA) is 60.4 Å². The van der Waals surface area contributed by atoms with Crippen LogP contribution in [-0.2, 0) is 19.4 Å². The van der Waals surface area contributed by atoms with Crippen molar-refractivity contribution in [3.8, 4) is 0 Å². The summed E-state index contributed by atoms with van der Waals surface area (Å²) in [7, 11) is -3.31. The van der Waals surface area contributed by atoms with Crippen LogP contribution in [-0.4, -0.2) is 27.2 Å². The van der Waals surface area contributed by atoms with Gasteiger partial charge in [-0.2, -0.15) is 0 Å². The lowest BCUT2D eigenvalue weighted by molar-refractivity contribution is -0.133. The third-order valence-electron chi connectivity index (χ3n) is 3.68. The van der Waals surface area contributed by atoms with Crippen LogP contribution in [0.25, 0.3) is 11.1 Å². The van der Waals surface area contributed by atoms with Crippen molar-refractivity contribution in [1.29, 1.82) is 0 Å². The number of cyclic esters (lactones) is 1. The molecule has 0 bridgehead atoms. The van der Waals surface area contributed by atoms with E-state index < -0.39 is 21.6 Å². The maximum atomic E-state index is 14.2. The molecule has 7 heteroatoms. The molecule has 2 aromatic rings. The molecule has 0 aliphatic carbocycles. The van der Waals surface area contributed by atoms with Gasteiger partial charge < -0.3 is 4.74 Å². The van der Waals surface area contributed by atoms with Crippen LogP contribution in [0.5, 0.6) is 0 Å². The van der Waals surface area contributed by atoms with E-state index in [0.717, 1.165) is 6.26 Å². The highest BCUT2D eigenvalue weighted by Gasteiger charge is 2.29. The van der Waals surface area contributed by atoms with Crippen LogP contribution in [0.3, 0.4) is 0 Å². The van der Waals surface area contributed by atoms with Crippen molar-refractivity contribution in [3.63, 3.8) is 0 Å². The molecule has 24 heavy (non-hydrogen) atoms. The van der Waals surface area contributed by atoms with Gasteiger partial charge in [-0.25, -0.2) is 17.6 Å². The Morgan fingerprint density at radius 2 is 1.79 bits per heavy atom. The molecule has 0 aromatic heterocycles. The van der Waals surface area contributed by atoms with Gasteiger partial charge in [0.1, 0.15) is 12.4 Å².